The van der Waals surface area contributed by atoms with E-state index in [0.29, 0.717) is 39.3 Å². The summed E-state index contributed by atoms with van der Waals surface area (Å²) in [5, 5.41) is 11.9. The van der Waals surface area contributed by atoms with Crippen molar-refractivity contribution in [3.8, 4) is 5.75 Å². The van der Waals surface area contributed by atoms with E-state index in [2.05, 4.69) is 15.1 Å². The number of hydrogen-bond donors (Lipinski definition) is 2. The molecule has 0 spiro atoms. The highest BCUT2D eigenvalue weighted by Gasteiger charge is 2.34. The molecule has 154 valence electrons. The third-order valence-corrected chi connectivity index (χ3v) is 5.52. The van der Waals surface area contributed by atoms with Crippen LogP contribution < -0.4 is 10.1 Å². The van der Waals surface area contributed by atoms with E-state index >= 15 is 0 Å². The standard InChI is InChI=1S/C20H30N4O4/c1-28-18-5-3-2-4-16(18)15-24-7-6-21-20(27)17(24)14-19(26)23-10-8-22(9-11-23)12-13-25/h2-5,17,25H,6-15H2,1H3,(H,21,27). The molecule has 1 aromatic carbocycles. The van der Waals surface area contributed by atoms with Crippen LogP contribution in [0.3, 0.4) is 0 Å². The lowest BCUT2D eigenvalue weighted by molar-refractivity contribution is -0.140. The van der Waals surface area contributed by atoms with Gasteiger partial charge in [0.25, 0.3) is 0 Å². The Morgan fingerprint density at radius 3 is 2.68 bits per heavy atom. The molecule has 0 aliphatic carbocycles. The number of carbonyl (C=O) groups is 2. The van der Waals surface area contributed by atoms with Gasteiger partial charge in [-0.25, -0.2) is 0 Å². The molecule has 1 atom stereocenters. The van der Waals surface area contributed by atoms with Crippen LogP contribution in [0.25, 0.3) is 0 Å². The first-order valence-corrected chi connectivity index (χ1v) is 9.87. The maximum atomic E-state index is 12.8. The van der Waals surface area contributed by atoms with Gasteiger partial charge < -0.3 is 20.1 Å². The SMILES string of the molecule is COc1ccccc1CN1CCNC(=O)C1CC(=O)N1CCN(CCO)CC1. The van der Waals surface area contributed by atoms with Crippen molar-refractivity contribution in [1.82, 2.24) is 20.0 Å². The zero-order chi connectivity index (χ0) is 19.9. The normalized spacial score (nSPS) is 21.4. The van der Waals surface area contributed by atoms with E-state index in [0.717, 1.165) is 24.4 Å². The number of nitrogens with zero attached hydrogens (tertiary/aromatic N) is 3. The topological polar surface area (TPSA) is 85.4 Å². The molecule has 1 unspecified atom stereocenters. The largest absolute Gasteiger partial charge is 0.496 e. The van der Waals surface area contributed by atoms with Crippen molar-refractivity contribution in [1.29, 1.82) is 0 Å². The molecule has 3 rings (SSSR count). The minimum absolute atomic E-state index is 0.00993. The van der Waals surface area contributed by atoms with Crippen LogP contribution in [0.5, 0.6) is 5.75 Å². The van der Waals surface area contributed by atoms with Gasteiger partial charge in [0.05, 0.1) is 26.2 Å². The predicted molar refractivity (Wildman–Crippen MR) is 105 cm³/mol. The molecular weight excluding hydrogens is 360 g/mol. The molecule has 2 aliphatic rings. The number of amides is 2. The number of aliphatic hydroxyl groups is 1. The van der Waals surface area contributed by atoms with Gasteiger partial charge in [-0.15, -0.1) is 0 Å². The average Bonchev–Trinajstić information content (AvgIpc) is 2.71. The molecule has 2 amide bonds. The second kappa shape index (κ2) is 9.86. The Hall–Kier alpha value is -2.16. The fourth-order valence-electron chi connectivity index (χ4n) is 3.88. The minimum Gasteiger partial charge on any atom is -0.496 e. The Balaban J connectivity index is 1.63. The summed E-state index contributed by atoms with van der Waals surface area (Å²) in [5.74, 6) is 0.711. The third kappa shape index (κ3) is 5.01. The molecule has 8 nitrogen and oxygen atoms in total. The first-order chi connectivity index (χ1) is 13.6. The minimum atomic E-state index is -0.471. The van der Waals surface area contributed by atoms with Crippen molar-refractivity contribution in [2.75, 3.05) is 59.5 Å². The number of carbonyl (C=O) groups excluding carboxylic acids is 2. The highest BCUT2D eigenvalue weighted by molar-refractivity contribution is 5.88. The number of para-hydroxylation sites is 1. The monoisotopic (exact) mass is 390 g/mol. The smallest absolute Gasteiger partial charge is 0.237 e. The van der Waals surface area contributed by atoms with Gasteiger partial charge in [0.1, 0.15) is 5.75 Å². The van der Waals surface area contributed by atoms with Gasteiger partial charge in [0.15, 0.2) is 0 Å². The summed E-state index contributed by atoms with van der Waals surface area (Å²) in [6.07, 6.45) is 0.182. The molecule has 2 aliphatic heterocycles. The molecule has 2 heterocycles. The van der Waals surface area contributed by atoms with Crippen LogP contribution in [0.2, 0.25) is 0 Å². The molecular formula is C20H30N4O4. The van der Waals surface area contributed by atoms with Crippen LogP contribution in [0.15, 0.2) is 24.3 Å². The van der Waals surface area contributed by atoms with Crippen LogP contribution in [0.4, 0.5) is 0 Å². The number of benzene rings is 1. The molecule has 1 aromatic rings. The number of β-amino-alcohol motifs (C(OH)–C–C–N with tert-alkyl or cyclic N) is 1. The summed E-state index contributed by atoms with van der Waals surface area (Å²) >= 11 is 0. The summed E-state index contributed by atoms with van der Waals surface area (Å²) in [5.41, 5.74) is 1.01. The number of piperazine rings is 2. The summed E-state index contributed by atoms with van der Waals surface area (Å²) < 4.78 is 5.43. The summed E-state index contributed by atoms with van der Waals surface area (Å²) in [6.45, 7) is 5.42. The zero-order valence-corrected chi connectivity index (χ0v) is 16.5. The summed E-state index contributed by atoms with van der Waals surface area (Å²) in [7, 11) is 1.64. The Kier molecular flexibility index (Phi) is 7.24. The van der Waals surface area contributed by atoms with Crippen molar-refractivity contribution < 1.29 is 19.4 Å². The maximum Gasteiger partial charge on any atom is 0.237 e. The van der Waals surface area contributed by atoms with Gasteiger partial charge in [-0.3, -0.25) is 19.4 Å². The van der Waals surface area contributed by atoms with Gasteiger partial charge in [-0.05, 0) is 6.07 Å². The van der Waals surface area contributed by atoms with Crippen molar-refractivity contribution in [3.63, 3.8) is 0 Å². The van der Waals surface area contributed by atoms with Crippen molar-refractivity contribution in [3.05, 3.63) is 29.8 Å². The molecule has 2 fully saturated rings. The molecule has 0 saturated carbocycles. The average molecular weight is 390 g/mol. The molecule has 0 bridgehead atoms. The van der Waals surface area contributed by atoms with E-state index in [1.807, 2.05) is 29.2 Å². The quantitative estimate of drug-likeness (QED) is 0.654. The Morgan fingerprint density at radius 1 is 1.21 bits per heavy atom. The van der Waals surface area contributed by atoms with Gasteiger partial charge in [-0.1, -0.05) is 18.2 Å². The van der Waals surface area contributed by atoms with E-state index in [-0.39, 0.29) is 24.8 Å². The lowest BCUT2D eigenvalue weighted by Crippen LogP contribution is -2.57. The molecule has 28 heavy (non-hydrogen) atoms. The van der Waals surface area contributed by atoms with Crippen LogP contribution in [0.1, 0.15) is 12.0 Å². The fourth-order valence-corrected chi connectivity index (χ4v) is 3.88. The first kappa shape index (κ1) is 20.6. The number of rotatable bonds is 7. The Morgan fingerprint density at radius 2 is 1.96 bits per heavy atom. The number of aliphatic hydroxyl groups excluding tert-OH is 1. The van der Waals surface area contributed by atoms with Gasteiger partial charge in [0, 0.05) is 57.9 Å². The molecule has 2 N–H and O–H groups in total. The van der Waals surface area contributed by atoms with Crippen LogP contribution in [-0.2, 0) is 16.1 Å². The van der Waals surface area contributed by atoms with Crippen LogP contribution >= 0.6 is 0 Å². The molecule has 0 radical (unpaired) electrons. The number of nitrogens with one attached hydrogen (secondary N) is 1. The van der Waals surface area contributed by atoms with Crippen LogP contribution in [-0.4, -0.2) is 97.2 Å². The van der Waals surface area contributed by atoms with Gasteiger partial charge in [-0.2, -0.15) is 0 Å². The van der Waals surface area contributed by atoms with Gasteiger partial charge in [0.2, 0.25) is 11.8 Å². The van der Waals surface area contributed by atoms with E-state index in [4.69, 9.17) is 9.84 Å². The highest BCUT2D eigenvalue weighted by Crippen LogP contribution is 2.22. The highest BCUT2D eigenvalue weighted by atomic mass is 16.5. The second-order valence-corrected chi connectivity index (χ2v) is 7.24. The molecule has 0 aromatic heterocycles. The van der Waals surface area contributed by atoms with Crippen molar-refractivity contribution in [2.24, 2.45) is 0 Å². The Labute approximate surface area is 166 Å². The van der Waals surface area contributed by atoms with E-state index < -0.39 is 6.04 Å². The first-order valence-electron chi connectivity index (χ1n) is 9.87. The van der Waals surface area contributed by atoms with Crippen molar-refractivity contribution >= 4 is 11.8 Å². The van der Waals surface area contributed by atoms with Crippen LogP contribution in [0, 0.1) is 0 Å². The number of methoxy groups -OCH3 is 1. The third-order valence-electron chi connectivity index (χ3n) is 5.52. The number of hydrogen-bond acceptors (Lipinski definition) is 6. The van der Waals surface area contributed by atoms with Gasteiger partial charge >= 0.3 is 0 Å². The lowest BCUT2D eigenvalue weighted by Gasteiger charge is -2.38. The molecule has 8 heteroatoms. The maximum absolute atomic E-state index is 12.8. The zero-order valence-electron chi connectivity index (χ0n) is 16.5. The van der Waals surface area contributed by atoms with E-state index in [1.165, 1.54) is 0 Å². The number of ether oxygens (including phenoxy) is 1. The summed E-state index contributed by atoms with van der Waals surface area (Å²) in [6, 6.07) is 7.30. The van der Waals surface area contributed by atoms with E-state index in [9.17, 15) is 9.59 Å². The second-order valence-electron chi connectivity index (χ2n) is 7.24. The van der Waals surface area contributed by atoms with Crippen molar-refractivity contribution in [2.45, 2.75) is 19.0 Å². The molecule has 2 saturated heterocycles. The fraction of sp³-hybridized carbons (Fsp3) is 0.600. The summed E-state index contributed by atoms with van der Waals surface area (Å²) in [4.78, 5) is 31.4. The predicted octanol–water partition coefficient (Wildman–Crippen LogP) is -0.478. The lowest BCUT2D eigenvalue weighted by atomic mass is 10.1. The Bertz CT molecular complexity index is 676. The van der Waals surface area contributed by atoms with E-state index in [1.54, 1.807) is 7.11 Å².